The van der Waals surface area contributed by atoms with Crippen molar-refractivity contribution >= 4 is 5.91 Å². The van der Waals surface area contributed by atoms with Gasteiger partial charge in [0.1, 0.15) is 18.8 Å². The van der Waals surface area contributed by atoms with Crippen LogP contribution in [0.25, 0.3) is 0 Å². The maximum absolute atomic E-state index is 13.3. The number of carbonyl (C=O) groups excluding carboxylic acids is 1. The van der Waals surface area contributed by atoms with Gasteiger partial charge < -0.3 is 24.4 Å². The average Bonchev–Trinajstić information content (AvgIpc) is 2.87. The highest BCUT2D eigenvalue weighted by Gasteiger charge is 2.58. The summed E-state index contributed by atoms with van der Waals surface area (Å²) < 4.78 is 7.67. The second-order valence-corrected chi connectivity index (χ2v) is 8.30. The molecule has 1 aromatic heterocycles. The Morgan fingerprint density at radius 2 is 1.93 bits per heavy atom. The summed E-state index contributed by atoms with van der Waals surface area (Å²) in [4.78, 5) is 28.2. The Balaban J connectivity index is 1.73. The van der Waals surface area contributed by atoms with Crippen LogP contribution in [0.5, 0.6) is 5.75 Å². The molecule has 29 heavy (non-hydrogen) atoms. The zero-order chi connectivity index (χ0) is 20.3. The van der Waals surface area contributed by atoms with E-state index in [1.165, 1.54) is 0 Å². The van der Waals surface area contributed by atoms with Crippen molar-refractivity contribution in [1.82, 2.24) is 9.47 Å². The van der Waals surface area contributed by atoms with Gasteiger partial charge in [-0.25, -0.2) is 0 Å². The van der Waals surface area contributed by atoms with Gasteiger partial charge in [0, 0.05) is 18.7 Å². The molecule has 2 aromatic rings. The Hall–Kier alpha value is -2.64. The number of aliphatic hydroxyl groups is 2. The molecule has 1 fully saturated rings. The number of carbonyl (C=O) groups is 1. The van der Waals surface area contributed by atoms with Crippen LogP contribution in [0.1, 0.15) is 52.7 Å². The minimum absolute atomic E-state index is 0.0115. The molecule has 0 saturated carbocycles. The molecule has 152 valence electrons. The molecule has 2 N–H and O–H groups in total. The number of aromatic nitrogens is 1. The van der Waals surface area contributed by atoms with Gasteiger partial charge in [0.05, 0.1) is 11.2 Å². The molecule has 0 aliphatic carbocycles. The van der Waals surface area contributed by atoms with Gasteiger partial charge in [-0.15, -0.1) is 0 Å². The van der Waals surface area contributed by atoms with Crippen LogP contribution in [-0.2, 0) is 12.1 Å². The second kappa shape index (κ2) is 6.43. The molecule has 1 aromatic carbocycles. The summed E-state index contributed by atoms with van der Waals surface area (Å²) in [6, 6.07) is 9.45. The Kier molecular flexibility index (Phi) is 4.08. The number of aliphatic hydroxyl groups excluding tert-OH is 2. The maximum Gasteiger partial charge on any atom is 0.274 e. The van der Waals surface area contributed by atoms with E-state index in [0.29, 0.717) is 30.8 Å². The molecule has 3 aliphatic rings. The molecule has 2 bridgehead atoms. The van der Waals surface area contributed by atoms with Crippen molar-refractivity contribution in [2.45, 2.75) is 50.5 Å². The van der Waals surface area contributed by atoms with Gasteiger partial charge in [-0.05, 0) is 31.7 Å². The van der Waals surface area contributed by atoms with Crippen molar-refractivity contribution < 1.29 is 19.7 Å². The molecule has 5 rings (SSSR count). The van der Waals surface area contributed by atoms with Gasteiger partial charge in [-0.2, -0.15) is 0 Å². The Labute approximate surface area is 168 Å². The number of amides is 1. The molecule has 3 unspecified atom stereocenters. The standard InChI is InChI=1S/C22H24N2O5/c1-13-15-18(26)20(27)22-9-5-6-10-23(12-22)21(28)16(24(15)22)19(17(13)25)29-11-14-7-3-2-4-8-14/h2-4,7-8,18,20,26-27H,5-6,9-12H2,1H3. The van der Waals surface area contributed by atoms with Crippen LogP contribution in [-0.4, -0.2) is 44.8 Å². The van der Waals surface area contributed by atoms with Gasteiger partial charge in [-0.3, -0.25) is 9.59 Å². The summed E-state index contributed by atoms with van der Waals surface area (Å²) in [5.41, 5.74) is 0.495. The number of rotatable bonds is 3. The molecule has 4 heterocycles. The van der Waals surface area contributed by atoms with Crippen molar-refractivity contribution in [3.63, 3.8) is 0 Å². The molecule has 1 amide bonds. The molecule has 3 atom stereocenters. The van der Waals surface area contributed by atoms with E-state index in [9.17, 15) is 19.8 Å². The topological polar surface area (TPSA) is 92.0 Å². The van der Waals surface area contributed by atoms with E-state index in [2.05, 4.69) is 0 Å². The maximum atomic E-state index is 13.3. The third kappa shape index (κ3) is 2.44. The molecule has 7 nitrogen and oxygen atoms in total. The normalized spacial score (nSPS) is 27.6. The predicted molar refractivity (Wildman–Crippen MR) is 105 cm³/mol. The van der Waals surface area contributed by atoms with Crippen LogP contribution < -0.4 is 10.2 Å². The zero-order valence-electron chi connectivity index (χ0n) is 16.3. The highest BCUT2D eigenvalue weighted by atomic mass is 16.5. The lowest BCUT2D eigenvalue weighted by atomic mass is 9.86. The van der Waals surface area contributed by atoms with Crippen molar-refractivity contribution in [2.75, 3.05) is 13.1 Å². The molecule has 3 aliphatic heterocycles. The first-order valence-electron chi connectivity index (χ1n) is 10.1. The number of hydrogen-bond donors (Lipinski definition) is 2. The third-order valence-electron chi connectivity index (χ3n) is 6.65. The van der Waals surface area contributed by atoms with Crippen LogP contribution >= 0.6 is 0 Å². The SMILES string of the molecule is Cc1c2n3c(c(OCc4ccccc4)c1=O)C(=O)N1CCCCC3(C1)C(O)C2O. The largest absolute Gasteiger partial charge is 0.483 e. The molecule has 1 saturated heterocycles. The minimum Gasteiger partial charge on any atom is -0.483 e. The first-order valence-corrected chi connectivity index (χ1v) is 10.1. The number of hydrogen-bond acceptors (Lipinski definition) is 5. The molecule has 0 radical (unpaired) electrons. The Morgan fingerprint density at radius 3 is 2.69 bits per heavy atom. The predicted octanol–water partition coefficient (Wildman–Crippen LogP) is 1.48. The fourth-order valence-corrected chi connectivity index (χ4v) is 5.20. The monoisotopic (exact) mass is 396 g/mol. The minimum atomic E-state index is -1.20. The lowest BCUT2D eigenvalue weighted by molar-refractivity contribution is -0.0431. The molecular weight excluding hydrogens is 372 g/mol. The number of pyridine rings is 1. The van der Waals surface area contributed by atoms with Crippen molar-refractivity contribution in [3.8, 4) is 5.75 Å². The van der Waals surface area contributed by atoms with Crippen molar-refractivity contribution in [2.24, 2.45) is 0 Å². The van der Waals surface area contributed by atoms with Gasteiger partial charge in [0.15, 0.2) is 11.4 Å². The average molecular weight is 396 g/mol. The Morgan fingerprint density at radius 1 is 1.17 bits per heavy atom. The second-order valence-electron chi connectivity index (χ2n) is 8.30. The lowest BCUT2D eigenvalue weighted by Crippen LogP contribution is -2.56. The smallest absolute Gasteiger partial charge is 0.274 e. The Bertz CT molecular complexity index is 1050. The summed E-state index contributed by atoms with van der Waals surface area (Å²) in [6.07, 6.45) is 0.0181. The summed E-state index contributed by atoms with van der Waals surface area (Å²) in [6.45, 7) is 2.69. The van der Waals surface area contributed by atoms with E-state index in [0.717, 1.165) is 18.4 Å². The van der Waals surface area contributed by atoms with Crippen LogP contribution in [0.2, 0.25) is 0 Å². The summed E-state index contributed by atoms with van der Waals surface area (Å²) in [5.74, 6) is -0.261. The van der Waals surface area contributed by atoms with Crippen molar-refractivity contribution in [3.05, 3.63) is 63.1 Å². The van der Waals surface area contributed by atoms with Crippen LogP contribution in [0.3, 0.4) is 0 Å². The number of fused-ring (bicyclic) bond motifs is 1. The van der Waals surface area contributed by atoms with E-state index in [-0.39, 0.29) is 24.0 Å². The molecular formula is C22H24N2O5. The summed E-state index contributed by atoms with van der Waals surface area (Å²) >= 11 is 0. The number of nitrogens with zero attached hydrogens (tertiary/aromatic N) is 2. The quantitative estimate of drug-likeness (QED) is 0.820. The van der Waals surface area contributed by atoms with E-state index in [4.69, 9.17) is 4.74 Å². The highest BCUT2D eigenvalue weighted by molar-refractivity contribution is 5.97. The summed E-state index contributed by atoms with van der Waals surface area (Å²) in [7, 11) is 0. The highest BCUT2D eigenvalue weighted by Crippen LogP contribution is 2.49. The lowest BCUT2D eigenvalue weighted by Gasteiger charge is -2.43. The van der Waals surface area contributed by atoms with Gasteiger partial charge in [-0.1, -0.05) is 30.3 Å². The third-order valence-corrected chi connectivity index (χ3v) is 6.65. The molecule has 7 heteroatoms. The zero-order valence-corrected chi connectivity index (χ0v) is 16.3. The van der Waals surface area contributed by atoms with E-state index in [1.54, 1.807) is 16.4 Å². The number of benzene rings is 1. The fraction of sp³-hybridized carbons (Fsp3) is 0.455. The van der Waals surface area contributed by atoms with Crippen molar-refractivity contribution in [1.29, 1.82) is 0 Å². The van der Waals surface area contributed by atoms with Gasteiger partial charge >= 0.3 is 0 Å². The first-order chi connectivity index (χ1) is 14.0. The van der Waals surface area contributed by atoms with Crippen LogP contribution in [0.4, 0.5) is 0 Å². The van der Waals surface area contributed by atoms with Gasteiger partial charge in [0.2, 0.25) is 5.43 Å². The van der Waals surface area contributed by atoms with E-state index in [1.807, 2.05) is 30.3 Å². The fourth-order valence-electron chi connectivity index (χ4n) is 5.20. The molecule has 1 spiro atoms. The summed E-state index contributed by atoms with van der Waals surface area (Å²) in [5, 5.41) is 21.8. The first kappa shape index (κ1) is 18.4. The van der Waals surface area contributed by atoms with Crippen LogP contribution in [0, 0.1) is 6.92 Å². The van der Waals surface area contributed by atoms with E-state index < -0.39 is 23.2 Å². The number of ether oxygens (including phenoxy) is 1. The van der Waals surface area contributed by atoms with Crippen LogP contribution in [0.15, 0.2) is 35.1 Å². The van der Waals surface area contributed by atoms with Gasteiger partial charge in [0.25, 0.3) is 5.91 Å². The van der Waals surface area contributed by atoms with E-state index >= 15 is 0 Å².